The van der Waals surface area contributed by atoms with Crippen molar-refractivity contribution in [2.45, 2.75) is 39.2 Å². The summed E-state index contributed by atoms with van der Waals surface area (Å²) in [5, 5.41) is 12.1. The van der Waals surface area contributed by atoms with Gasteiger partial charge in [-0.15, -0.1) is 0 Å². The van der Waals surface area contributed by atoms with Crippen molar-refractivity contribution in [1.82, 2.24) is 10.2 Å². The Morgan fingerprint density at radius 2 is 2.12 bits per heavy atom. The number of carboxylic acids is 1. The van der Waals surface area contributed by atoms with Gasteiger partial charge in [-0.3, -0.25) is 9.69 Å². The van der Waals surface area contributed by atoms with Gasteiger partial charge < -0.3 is 15.2 Å². The second-order valence-corrected chi connectivity index (χ2v) is 6.10. The number of nitrogens with one attached hydrogen (secondary N) is 1. The Balaban J connectivity index is 2.24. The zero-order valence-electron chi connectivity index (χ0n) is 14.2. The number of carbonyl (C=O) groups is 2. The van der Waals surface area contributed by atoms with Crippen molar-refractivity contribution < 1.29 is 19.4 Å². The van der Waals surface area contributed by atoms with E-state index in [9.17, 15) is 14.7 Å². The first kappa shape index (κ1) is 18.3. The van der Waals surface area contributed by atoms with Crippen molar-refractivity contribution in [3.05, 3.63) is 29.3 Å². The topological polar surface area (TPSA) is 78.9 Å². The van der Waals surface area contributed by atoms with Gasteiger partial charge in [-0.1, -0.05) is 13.0 Å². The average molecular weight is 334 g/mol. The second-order valence-electron chi connectivity index (χ2n) is 6.10. The maximum atomic E-state index is 12.1. The minimum absolute atomic E-state index is 0.0346. The molecule has 0 aromatic heterocycles. The maximum absolute atomic E-state index is 12.1. The summed E-state index contributed by atoms with van der Waals surface area (Å²) in [6, 6.07) is 4.97. The summed E-state index contributed by atoms with van der Waals surface area (Å²) in [5.41, 5.74) is 1.14. The van der Waals surface area contributed by atoms with Gasteiger partial charge in [0.05, 0.1) is 18.7 Å². The van der Waals surface area contributed by atoms with Crippen molar-refractivity contribution in [3.8, 4) is 5.75 Å². The van der Waals surface area contributed by atoms with E-state index in [0.29, 0.717) is 32.0 Å². The van der Waals surface area contributed by atoms with E-state index < -0.39 is 5.97 Å². The highest BCUT2D eigenvalue weighted by Crippen LogP contribution is 2.23. The third-order valence-electron chi connectivity index (χ3n) is 4.02. The molecule has 1 aliphatic heterocycles. The number of rotatable bonds is 3. The monoisotopic (exact) mass is 334 g/mol. The van der Waals surface area contributed by atoms with E-state index in [1.165, 1.54) is 0 Å². The fourth-order valence-corrected chi connectivity index (χ4v) is 2.80. The van der Waals surface area contributed by atoms with Crippen LogP contribution in [0.1, 0.15) is 48.5 Å². The van der Waals surface area contributed by atoms with Crippen LogP contribution < -0.4 is 10.1 Å². The molecule has 0 bridgehead atoms. The van der Waals surface area contributed by atoms with E-state index in [2.05, 4.69) is 17.1 Å². The van der Waals surface area contributed by atoms with Crippen molar-refractivity contribution in [2.24, 2.45) is 0 Å². The Bertz CT molecular complexity index is 574. The van der Waals surface area contributed by atoms with Gasteiger partial charge in [0.25, 0.3) is 0 Å². The van der Waals surface area contributed by atoms with Crippen molar-refractivity contribution in [2.75, 3.05) is 26.2 Å². The molecule has 0 radical (unpaired) electrons. The molecule has 1 aromatic carbocycles. The van der Waals surface area contributed by atoms with E-state index in [4.69, 9.17) is 4.74 Å². The smallest absolute Gasteiger partial charge is 0.335 e. The number of carbonyl (C=O) groups excluding carboxylic acids is 1. The van der Waals surface area contributed by atoms with Gasteiger partial charge in [-0.2, -0.15) is 0 Å². The molecule has 1 heterocycles. The predicted molar refractivity (Wildman–Crippen MR) is 91.3 cm³/mol. The number of amides is 1. The van der Waals surface area contributed by atoms with E-state index >= 15 is 0 Å². The fourth-order valence-electron chi connectivity index (χ4n) is 2.80. The van der Waals surface area contributed by atoms with Gasteiger partial charge in [0.15, 0.2) is 0 Å². The summed E-state index contributed by atoms with van der Waals surface area (Å²) in [6.07, 6.45) is 3.71. The van der Waals surface area contributed by atoms with Crippen LogP contribution in [0.15, 0.2) is 18.2 Å². The first-order valence-electron chi connectivity index (χ1n) is 8.58. The van der Waals surface area contributed by atoms with Crippen LogP contribution in [0.5, 0.6) is 5.75 Å². The summed E-state index contributed by atoms with van der Waals surface area (Å²) in [6.45, 7) is 5.02. The van der Waals surface area contributed by atoms with Gasteiger partial charge in [-0.25, -0.2) is 4.79 Å². The molecule has 2 N–H and O–H groups in total. The minimum Gasteiger partial charge on any atom is -0.493 e. The Morgan fingerprint density at radius 3 is 2.88 bits per heavy atom. The third-order valence-corrected chi connectivity index (χ3v) is 4.02. The van der Waals surface area contributed by atoms with Gasteiger partial charge in [0.1, 0.15) is 5.75 Å². The quantitative estimate of drug-likeness (QED) is 0.886. The Labute approximate surface area is 142 Å². The summed E-state index contributed by atoms with van der Waals surface area (Å²) in [4.78, 5) is 25.3. The summed E-state index contributed by atoms with van der Waals surface area (Å²) in [7, 11) is 0. The van der Waals surface area contributed by atoms with Gasteiger partial charge in [0.2, 0.25) is 5.91 Å². The predicted octanol–water partition coefficient (Wildman–Crippen LogP) is 2.28. The third kappa shape index (κ3) is 5.53. The number of ether oxygens (including phenoxy) is 1. The molecule has 132 valence electrons. The van der Waals surface area contributed by atoms with Crippen LogP contribution in [0, 0.1) is 0 Å². The minimum atomic E-state index is -0.964. The molecule has 0 saturated heterocycles. The van der Waals surface area contributed by atoms with E-state index in [-0.39, 0.29) is 11.5 Å². The first-order valence-corrected chi connectivity index (χ1v) is 8.58. The number of carboxylic acid groups (broad SMARTS) is 1. The van der Waals surface area contributed by atoms with Crippen LogP contribution in [-0.2, 0) is 11.3 Å². The molecule has 0 spiro atoms. The Hall–Kier alpha value is -2.08. The maximum Gasteiger partial charge on any atom is 0.335 e. The molecule has 0 saturated carbocycles. The summed E-state index contributed by atoms with van der Waals surface area (Å²) < 4.78 is 5.85. The van der Waals surface area contributed by atoms with Crippen molar-refractivity contribution in [3.63, 3.8) is 0 Å². The molecule has 1 aliphatic rings. The Kier molecular flexibility index (Phi) is 7.06. The van der Waals surface area contributed by atoms with Crippen LogP contribution >= 0.6 is 0 Å². The SMILES string of the molecule is CCCN1CC(=O)NCCCCCOc2cc(C(=O)O)ccc2C1. The van der Waals surface area contributed by atoms with E-state index in [0.717, 1.165) is 37.8 Å². The van der Waals surface area contributed by atoms with Crippen molar-refractivity contribution in [1.29, 1.82) is 0 Å². The second kappa shape index (κ2) is 9.27. The van der Waals surface area contributed by atoms with E-state index in [1.807, 2.05) is 0 Å². The lowest BCUT2D eigenvalue weighted by atomic mass is 10.1. The van der Waals surface area contributed by atoms with Crippen LogP contribution in [0.25, 0.3) is 0 Å². The molecule has 24 heavy (non-hydrogen) atoms. The number of hydrogen-bond acceptors (Lipinski definition) is 4. The molecule has 6 heteroatoms. The lowest BCUT2D eigenvalue weighted by Gasteiger charge is -2.22. The lowest BCUT2D eigenvalue weighted by molar-refractivity contribution is -0.122. The number of fused-ring (bicyclic) bond motifs is 1. The number of benzene rings is 1. The highest BCUT2D eigenvalue weighted by atomic mass is 16.5. The molecular weight excluding hydrogens is 308 g/mol. The molecule has 6 nitrogen and oxygen atoms in total. The molecule has 0 aliphatic carbocycles. The first-order chi connectivity index (χ1) is 11.6. The largest absolute Gasteiger partial charge is 0.493 e. The zero-order chi connectivity index (χ0) is 17.4. The summed E-state index contributed by atoms with van der Waals surface area (Å²) in [5.74, 6) is -0.322. The molecule has 1 aromatic rings. The van der Waals surface area contributed by atoms with Crippen molar-refractivity contribution >= 4 is 11.9 Å². The molecular formula is C18H26N2O4. The zero-order valence-corrected chi connectivity index (χ0v) is 14.2. The number of nitrogens with zero attached hydrogens (tertiary/aromatic N) is 1. The fraction of sp³-hybridized carbons (Fsp3) is 0.556. The standard InChI is InChI=1S/C18H26N2O4/c1-2-9-20-12-15-7-6-14(18(22)23)11-16(15)24-10-5-3-4-8-19-17(21)13-20/h6-7,11H,2-5,8-10,12-13H2,1H3,(H,19,21)(H,22,23). The normalized spacial score (nSPS) is 17.5. The number of hydrogen-bond donors (Lipinski definition) is 2. The molecule has 0 fully saturated rings. The molecule has 1 amide bonds. The molecule has 2 rings (SSSR count). The molecule has 0 atom stereocenters. The highest BCUT2D eigenvalue weighted by molar-refractivity contribution is 5.88. The average Bonchev–Trinajstić information content (AvgIpc) is 2.55. The van der Waals surface area contributed by atoms with E-state index in [1.54, 1.807) is 18.2 Å². The Morgan fingerprint density at radius 1 is 1.29 bits per heavy atom. The van der Waals surface area contributed by atoms with Gasteiger partial charge in [0, 0.05) is 18.7 Å². The van der Waals surface area contributed by atoms with Gasteiger partial charge in [-0.05, 0) is 44.4 Å². The summed E-state index contributed by atoms with van der Waals surface area (Å²) >= 11 is 0. The number of aromatic carboxylic acids is 1. The van der Waals surface area contributed by atoms with Crippen LogP contribution in [0.3, 0.4) is 0 Å². The molecule has 0 unspecified atom stereocenters. The van der Waals surface area contributed by atoms with Gasteiger partial charge >= 0.3 is 5.97 Å². The van der Waals surface area contributed by atoms with Crippen LogP contribution in [-0.4, -0.2) is 48.1 Å². The van der Waals surface area contributed by atoms with Crippen LogP contribution in [0.4, 0.5) is 0 Å². The highest BCUT2D eigenvalue weighted by Gasteiger charge is 2.16. The van der Waals surface area contributed by atoms with Crippen LogP contribution in [0.2, 0.25) is 0 Å². The lowest BCUT2D eigenvalue weighted by Crippen LogP contribution is -2.37.